The Morgan fingerprint density at radius 3 is 2.63 bits per heavy atom. The second kappa shape index (κ2) is 11.6. The summed E-state index contributed by atoms with van der Waals surface area (Å²) in [6.07, 6.45) is 16.7. The molecule has 0 unspecified atom stereocenters. The lowest BCUT2D eigenvalue weighted by Gasteiger charge is -2.24. The molecule has 0 radical (unpaired) electrons. The molecule has 1 aliphatic heterocycles. The van der Waals surface area contributed by atoms with Crippen molar-refractivity contribution in [3.63, 3.8) is 0 Å². The normalized spacial score (nSPS) is 21.7. The summed E-state index contributed by atoms with van der Waals surface area (Å²) in [5, 5.41) is 6.46. The van der Waals surface area contributed by atoms with Gasteiger partial charge in [0.25, 0.3) is 5.91 Å². The molecule has 1 saturated heterocycles. The van der Waals surface area contributed by atoms with Gasteiger partial charge in [0, 0.05) is 36.9 Å². The molecule has 6 heteroatoms. The van der Waals surface area contributed by atoms with Gasteiger partial charge in [-0.15, -0.1) is 0 Å². The number of carbonyl (C=O) groups excluding carboxylic acids is 2. The summed E-state index contributed by atoms with van der Waals surface area (Å²) < 4.78 is 5.41. The standard InChI is InChI=1S/C24H37N3O3/c1-5-6-7-8-16-25-20-13-9-11-19(12-10-14-20)22(28)26-21-15-17-27(18-21)23(29)30-24(2,3)4/h9-14,21,25H,5-8,15-18H2,1-4H3,(H,26,28)/b11-9-,12-10?,13-9?,14-10?,19-11?,19-12+,20-13?,20-14?/t21-/m1/s1. The van der Waals surface area contributed by atoms with Gasteiger partial charge in [-0.3, -0.25) is 4.79 Å². The lowest BCUT2D eigenvalue weighted by atomic mass is 10.1. The summed E-state index contributed by atoms with van der Waals surface area (Å²) in [5.41, 5.74) is 1.12. The first-order valence-corrected chi connectivity index (χ1v) is 11.1. The number of nitrogens with zero attached hydrogens (tertiary/aromatic N) is 1. The number of hydrogen-bond acceptors (Lipinski definition) is 4. The van der Waals surface area contributed by atoms with E-state index in [2.05, 4.69) is 17.6 Å². The van der Waals surface area contributed by atoms with Crippen LogP contribution in [0.25, 0.3) is 0 Å². The number of allylic oxidation sites excluding steroid dienone is 5. The molecule has 6 nitrogen and oxygen atoms in total. The van der Waals surface area contributed by atoms with Crippen LogP contribution in [0.3, 0.4) is 0 Å². The third-order valence-corrected chi connectivity index (χ3v) is 4.90. The van der Waals surface area contributed by atoms with Crippen LogP contribution in [0.4, 0.5) is 4.79 Å². The Morgan fingerprint density at radius 2 is 1.90 bits per heavy atom. The van der Waals surface area contributed by atoms with Crippen LogP contribution >= 0.6 is 0 Å². The highest BCUT2D eigenvalue weighted by molar-refractivity contribution is 5.96. The van der Waals surface area contributed by atoms with Crippen LogP contribution in [0.2, 0.25) is 0 Å². The molecule has 2 amide bonds. The molecular weight excluding hydrogens is 378 g/mol. The van der Waals surface area contributed by atoms with Crippen molar-refractivity contribution in [2.45, 2.75) is 71.4 Å². The second-order valence-electron chi connectivity index (χ2n) is 8.84. The number of ether oxygens (including phenoxy) is 1. The zero-order valence-electron chi connectivity index (χ0n) is 18.9. The average Bonchev–Trinajstić information content (AvgIpc) is 3.10. The van der Waals surface area contributed by atoms with E-state index in [1.807, 2.05) is 57.2 Å². The number of rotatable bonds is 8. The fourth-order valence-electron chi connectivity index (χ4n) is 3.31. The van der Waals surface area contributed by atoms with E-state index in [9.17, 15) is 9.59 Å². The van der Waals surface area contributed by atoms with Gasteiger partial charge in [-0.1, -0.05) is 38.3 Å². The molecule has 1 fully saturated rings. The number of amides is 2. The van der Waals surface area contributed by atoms with E-state index in [0.29, 0.717) is 18.7 Å². The van der Waals surface area contributed by atoms with Gasteiger partial charge >= 0.3 is 6.09 Å². The highest BCUT2D eigenvalue weighted by atomic mass is 16.6. The third kappa shape index (κ3) is 8.47. The van der Waals surface area contributed by atoms with Crippen molar-refractivity contribution in [3.8, 4) is 0 Å². The molecule has 2 aliphatic rings. The van der Waals surface area contributed by atoms with Crippen molar-refractivity contribution in [1.82, 2.24) is 15.5 Å². The predicted octanol–water partition coefficient (Wildman–Crippen LogP) is 4.22. The summed E-state index contributed by atoms with van der Waals surface area (Å²) >= 11 is 0. The van der Waals surface area contributed by atoms with Crippen molar-refractivity contribution in [3.05, 3.63) is 47.7 Å². The molecule has 0 spiro atoms. The van der Waals surface area contributed by atoms with Gasteiger partial charge in [0.2, 0.25) is 0 Å². The van der Waals surface area contributed by atoms with Crippen molar-refractivity contribution >= 4 is 12.0 Å². The van der Waals surface area contributed by atoms with E-state index in [1.54, 1.807) is 4.90 Å². The van der Waals surface area contributed by atoms with E-state index in [-0.39, 0.29) is 18.0 Å². The fourth-order valence-corrected chi connectivity index (χ4v) is 3.31. The first-order chi connectivity index (χ1) is 14.3. The highest BCUT2D eigenvalue weighted by Gasteiger charge is 2.30. The van der Waals surface area contributed by atoms with Gasteiger partial charge in [0.05, 0.1) is 0 Å². The maximum Gasteiger partial charge on any atom is 0.410 e. The molecular formula is C24H37N3O3. The minimum absolute atomic E-state index is 0.0652. The molecule has 1 aliphatic carbocycles. The van der Waals surface area contributed by atoms with Crippen LogP contribution in [0.5, 0.6) is 0 Å². The first kappa shape index (κ1) is 23.8. The molecule has 2 N–H and O–H groups in total. The number of likely N-dealkylation sites (tertiary alicyclic amines) is 1. The molecule has 1 atom stereocenters. The number of hydrogen-bond donors (Lipinski definition) is 2. The summed E-state index contributed by atoms with van der Waals surface area (Å²) in [6.45, 7) is 9.78. The minimum atomic E-state index is -0.518. The Bertz CT molecular complexity index is 714. The monoisotopic (exact) mass is 415 g/mol. The second-order valence-corrected chi connectivity index (χ2v) is 8.84. The molecule has 0 aromatic rings. The number of nitrogens with one attached hydrogen (secondary N) is 2. The quantitative estimate of drug-likeness (QED) is 0.583. The Balaban J connectivity index is 1.79. The van der Waals surface area contributed by atoms with Gasteiger partial charge in [0.15, 0.2) is 0 Å². The minimum Gasteiger partial charge on any atom is -0.444 e. The molecule has 2 rings (SSSR count). The maximum absolute atomic E-state index is 12.6. The molecule has 0 aromatic heterocycles. The van der Waals surface area contributed by atoms with Crippen molar-refractivity contribution in [2.75, 3.05) is 19.6 Å². The van der Waals surface area contributed by atoms with Crippen molar-refractivity contribution in [1.29, 1.82) is 0 Å². The Kier molecular flexibility index (Phi) is 9.21. The third-order valence-electron chi connectivity index (χ3n) is 4.90. The van der Waals surface area contributed by atoms with E-state index in [1.165, 1.54) is 19.3 Å². The summed E-state index contributed by atoms with van der Waals surface area (Å²) in [4.78, 5) is 26.5. The summed E-state index contributed by atoms with van der Waals surface area (Å²) in [5.74, 6) is -0.128. The molecule has 0 bridgehead atoms. The zero-order chi connectivity index (χ0) is 22.0. The van der Waals surface area contributed by atoms with E-state index < -0.39 is 5.60 Å². The Hall–Kier alpha value is -2.50. The van der Waals surface area contributed by atoms with Crippen LogP contribution in [0, 0.1) is 0 Å². The van der Waals surface area contributed by atoms with Crippen LogP contribution in [0.1, 0.15) is 59.8 Å². The molecule has 1 heterocycles. The molecule has 0 saturated carbocycles. The number of carbonyl (C=O) groups is 2. The van der Waals surface area contributed by atoms with Gasteiger partial charge in [-0.25, -0.2) is 4.79 Å². The smallest absolute Gasteiger partial charge is 0.410 e. The van der Waals surface area contributed by atoms with E-state index in [4.69, 9.17) is 4.74 Å². The first-order valence-electron chi connectivity index (χ1n) is 11.1. The van der Waals surface area contributed by atoms with Crippen molar-refractivity contribution < 1.29 is 14.3 Å². The lowest BCUT2D eigenvalue weighted by Crippen LogP contribution is -2.40. The Morgan fingerprint density at radius 1 is 1.13 bits per heavy atom. The fraction of sp³-hybridized carbons (Fsp3) is 0.583. The SMILES string of the molecule is CCCCCCNC1=C/C=C\C(C(=O)N[C@@H]2CCN(C(=O)OC(C)(C)C)C2)=C/C=C1. The zero-order valence-corrected chi connectivity index (χ0v) is 18.9. The predicted molar refractivity (Wildman–Crippen MR) is 121 cm³/mol. The van der Waals surface area contributed by atoms with Gasteiger partial charge in [0.1, 0.15) is 5.60 Å². The van der Waals surface area contributed by atoms with Gasteiger partial charge < -0.3 is 20.3 Å². The Labute approximate surface area is 181 Å². The van der Waals surface area contributed by atoms with Crippen molar-refractivity contribution in [2.24, 2.45) is 0 Å². The highest BCUT2D eigenvalue weighted by Crippen LogP contribution is 2.16. The number of unbranched alkanes of at least 4 members (excludes halogenated alkanes) is 3. The maximum atomic E-state index is 12.6. The topological polar surface area (TPSA) is 70.7 Å². The van der Waals surface area contributed by atoms with Crippen LogP contribution in [-0.4, -0.2) is 48.2 Å². The largest absolute Gasteiger partial charge is 0.444 e. The van der Waals surface area contributed by atoms with E-state index in [0.717, 1.165) is 25.1 Å². The van der Waals surface area contributed by atoms with E-state index >= 15 is 0 Å². The molecule has 30 heavy (non-hydrogen) atoms. The lowest BCUT2D eigenvalue weighted by molar-refractivity contribution is -0.117. The van der Waals surface area contributed by atoms with Crippen LogP contribution < -0.4 is 10.6 Å². The van der Waals surface area contributed by atoms with Crippen LogP contribution in [0.15, 0.2) is 47.7 Å². The average molecular weight is 416 g/mol. The summed E-state index contributed by atoms with van der Waals surface area (Å²) in [6, 6.07) is -0.0652. The summed E-state index contributed by atoms with van der Waals surface area (Å²) in [7, 11) is 0. The van der Waals surface area contributed by atoms with Crippen LogP contribution in [-0.2, 0) is 9.53 Å². The molecule has 166 valence electrons. The van der Waals surface area contributed by atoms with Gasteiger partial charge in [-0.05, 0) is 57.9 Å². The molecule has 0 aromatic carbocycles. The van der Waals surface area contributed by atoms with Gasteiger partial charge in [-0.2, -0.15) is 0 Å².